The zero-order valence-electron chi connectivity index (χ0n) is 15.1. The minimum atomic E-state index is -0.407. The largest absolute Gasteiger partial charge is 0.455 e. The molecule has 4 saturated carbocycles. The fraction of sp³-hybridized carbons (Fsp3) is 0.571. The van der Waals surface area contributed by atoms with Gasteiger partial charge >= 0.3 is 5.97 Å². The van der Waals surface area contributed by atoms with E-state index < -0.39 is 5.91 Å². The lowest BCUT2D eigenvalue weighted by atomic mass is 9.52. The van der Waals surface area contributed by atoms with Gasteiger partial charge in [-0.3, -0.25) is 14.4 Å². The fourth-order valence-corrected chi connectivity index (χ4v) is 5.63. The predicted octanol–water partition coefficient (Wildman–Crippen LogP) is 3.44. The lowest BCUT2D eigenvalue weighted by Gasteiger charge is -2.53. The molecule has 5 heteroatoms. The number of esters is 1. The molecule has 5 nitrogen and oxygen atoms in total. The van der Waals surface area contributed by atoms with Gasteiger partial charge in [-0.15, -0.1) is 0 Å². The number of hydrogen-bond donors (Lipinski definition) is 1. The normalized spacial score (nSPS) is 31.5. The maximum absolute atomic E-state index is 12.6. The quantitative estimate of drug-likeness (QED) is 0.649. The van der Waals surface area contributed by atoms with Crippen molar-refractivity contribution in [2.24, 2.45) is 29.6 Å². The van der Waals surface area contributed by atoms with Crippen LogP contribution >= 0.6 is 0 Å². The number of ketones is 1. The Morgan fingerprint density at radius 3 is 2.23 bits per heavy atom. The summed E-state index contributed by atoms with van der Waals surface area (Å²) in [5, 5.41) is 2.68. The molecule has 4 aliphatic carbocycles. The van der Waals surface area contributed by atoms with E-state index in [-0.39, 0.29) is 24.3 Å². The van der Waals surface area contributed by atoms with Gasteiger partial charge in [-0.25, -0.2) is 0 Å². The van der Waals surface area contributed by atoms with Crippen LogP contribution in [0.2, 0.25) is 0 Å². The lowest BCUT2D eigenvalue weighted by molar-refractivity contribution is -0.164. The van der Waals surface area contributed by atoms with Gasteiger partial charge in [-0.1, -0.05) is 12.1 Å². The Balaban J connectivity index is 1.34. The van der Waals surface area contributed by atoms with Crippen LogP contribution in [0.3, 0.4) is 0 Å². The van der Waals surface area contributed by atoms with Crippen LogP contribution in [0.5, 0.6) is 0 Å². The molecule has 4 fully saturated rings. The summed E-state index contributed by atoms with van der Waals surface area (Å²) in [7, 11) is 0. The Bertz CT molecular complexity index is 713. The van der Waals surface area contributed by atoms with Crippen molar-refractivity contribution in [1.29, 1.82) is 0 Å². The first kappa shape index (κ1) is 17.3. The number of benzene rings is 1. The van der Waals surface area contributed by atoms with E-state index in [4.69, 9.17) is 4.74 Å². The van der Waals surface area contributed by atoms with Crippen molar-refractivity contribution in [3.05, 3.63) is 29.8 Å². The van der Waals surface area contributed by atoms with Crippen LogP contribution in [0.15, 0.2) is 24.3 Å². The van der Waals surface area contributed by atoms with Crippen LogP contribution in [-0.2, 0) is 14.3 Å². The minimum absolute atomic E-state index is 0.0277. The van der Waals surface area contributed by atoms with E-state index in [1.807, 2.05) is 0 Å². The molecule has 138 valence electrons. The van der Waals surface area contributed by atoms with Gasteiger partial charge < -0.3 is 10.1 Å². The average molecular weight is 355 g/mol. The van der Waals surface area contributed by atoms with Crippen LogP contribution in [0.1, 0.15) is 49.4 Å². The molecule has 0 radical (unpaired) electrons. The third-order valence-electron chi connectivity index (χ3n) is 6.42. The summed E-state index contributed by atoms with van der Waals surface area (Å²) in [6.45, 7) is 1.16. The highest BCUT2D eigenvalue weighted by molar-refractivity contribution is 6.04. The molecule has 1 N–H and O–H groups in total. The van der Waals surface area contributed by atoms with Gasteiger partial charge in [0.1, 0.15) is 0 Å². The molecule has 0 heterocycles. The summed E-state index contributed by atoms with van der Waals surface area (Å²) in [5.74, 6) is 1.72. The van der Waals surface area contributed by atoms with Crippen LogP contribution in [-0.4, -0.2) is 24.3 Å². The van der Waals surface area contributed by atoms with E-state index in [2.05, 4.69) is 5.32 Å². The van der Waals surface area contributed by atoms with E-state index >= 15 is 0 Å². The van der Waals surface area contributed by atoms with Crippen molar-refractivity contribution in [2.75, 3.05) is 11.9 Å². The smallest absolute Gasteiger partial charge is 0.310 e. The number of hydrogen-bond acceptors (Lipinski definition) is 4. The van der Waals surface area contributed by atoms with Crippen molar-refractivity contribution >= 4 is 23.3 Å². The van der Waals surface area contributed by atoms with Gasteiger partial charge in [0.05, 0.1) is 11.6 Å². The third kappa shape index (κ3) is 3.27. The highest BCUT2D eigenvalue weighted by Crippen LogP contribution is 2.56. The Hall–Kier alpha value is -2.17. The average Bonchev–Trinajstić information content (AvgIpc) is 2.59. The van der Waals surface area contributed by atoms with Gasteiger partial charge in [0.25, 0.3) is 5.91 Å². The molecule has 0 saturated heterocycles. The number of nitrogens with one attached hydrogen (secondary N) is 1. The monoisotopic (exact) mass is 355 g/mol. The predicted molar refractivity (Wildman–Crippen MR) is 96.6 cm³/mol. The van der Waals surface area contributed by atoms with Gasteiger partial charge in [0, 0.05) is 5.56 Å². The lowest BCUT2D eigenvalue weighted by Crippen LogP contribution is -2.48. The van der Waals surface area contributed by atoms with E-state index in [1.54, 1.807) is 24.3 Å². The molecule has 1 aromatic carbocycles. The van der Waals surface area contributed by atoms with E-state index in [1.165, 1.54) is 13.3 Å². The fourth-order valence-electron chi connectivity index (χ4n) is 5.63. The second-order valence-corrected chi connectivity index (χ2v) is 8.21. The maximum Gasteiger partial charge on any atom is 0.310 e. The molecule has 1 amide bonds. The summed E-state index contributed by atoms with van der Waals surface area (Å²) in [6, 6.07) is 6.84. The summed E-state index contributed by atoms with van der Waals surface area (Å²) >= 11 is 0. The van der Waals surface area contributed by atoms with Gasteiger partial charge in [0.15, 0.2) is 12.4 Å². The highest BCUT2D eigenvalue weighted by atomic mass is 16.5. The second kappa shape index (κ2) is 6.86. The van der Waals surface area contributed by atoms with Crippen molar-refractivity contribution in [3.8, 4) is 0 Å². The minimum Gasteiger partial charge on any atom is -0.455 e. The number of carbonyl (C=O) groups excluding carboxylic acids is 3. The van der Waals surface area contributed by atoms with Crippen LogP contribution in [0, 0.1) is 29.6 Å². The molecule has 0 aromatic heterocycles. The number of Topliss-reactive ketones (excluding diaryl/α,β-unsaturated/α-hetero) is 1. The first-order valence-corrected chi connectivity index (χ1v) is 9.57. The van der Waals surface area contributed by atoms with Crippen LogP contribution in [0.25, 0.3) is 0 Å². The maximum atomic E-state index is 12.6. The SMILES string of the molecule is CC(=O)c1ccccc1NC(=O)COC(=O)C1C2CC3CC(C2)CC1C3. The van der Waals surface area contributed by atoms with E-state index in [0.29, 0.717) is 23.1 Å². The van der Waals surface area contributed by atoms with Crippen molar-refractivity contribution in [3.63, 3.8) is 0 Å². The summed E-state index contributed by atoms with van der Waals surface area (Å²) < 4.78 is 5.37. The molecule has 0 spiro atoms. The zero-order chi connectivity index (χ0) is 18.3. The van der Waals surface area contributed by atoms with Crippen molar-refractivity contribution < 1.29 is 19.1 Å². The summed E-state index contributed by atoms with van der Waals surface area (Å²) in [6.07, 6.45) is 5.92. The molecule has 5 rings (SSSR count). The Kier molecular flexibility index (Phi) is 4.55. The number of ether oxygens (including phenoxy) is 1. The van der Waals surface area contributed by atoms with E-state index in [0.717, 1.165) is 37.5 Å². The molecule has 0 aliphatic heterocycles. The molecule has 1 aromatic rings. The summed E-state index contributed by atoms with van der Waals surface area (Å²) in [4.78, 5) is 36.4. The molecular formula is C21H25NO4. The van der Waals surface area contributed by atoms with Gasteiger partial charge in [-0.2, -0.15) is 0 Å². The Labute approximate surface area is 153 Å². The Morgan fingerprint density at radius 2 is 1.62 bits per heavy atom. The molecule has 4 bridgehead atoms. The van der Waals surface area contributed by atoms with Crippen molar-refractivity contribution in [2.45, 2.75) is 39.0 Å². The number of para-hydroxylation sites is 1. The first-order valence-electron chi connectivity index (χ1n) is 9.57. The number of anilines is 1. The highest BCUT2D eigenvalue weighted by Gasteiger charge is 2.51. The first-order chi connectivity index (χ1) is 12.5. The standard InChI is InChI=1S/C21H25NO4/c1-12(23)17-4-2-3-5-18(17)22-19(24)11-26-21(25)20-15-7-13-6-14(9-15)10-16(20)8-13/h2-5,13-16,20H,6-11H2,1H3,(H,22,24). The molecule has 0 unspecified atom stereocenters. The van der Waals surface area contributed by atoms with Crippen LogP contribution in [0.4, 0.5) is 5.69 Å². The van der Waals surface area contributed by atoms with Gasteiger partial charge in [0.2, 0.25) is 0 Å². The van der Waals surface area contributed by atoms with E-state index in [9.17, 15) is 14.4 Å². The third-order valence-corrected chi connectivity index (χ3v) is 6.42. The number of rotatable bonds is 5. The topological polar surface area (TPSA) is 72.5 Å². The van der Waals surface area contributed by atoms with Gasteiger partial charge in [-0.05, 0) is 74.8 Å². The zero-order valence-corrected chi connectivity index (χ0v) is 15.1. The van der Waals surface area contributed by atoms with Crippen molar-refractivity contribution in [1.82, 2.24) is 0 Å². The molecular weight excluding hydrogens is 330 g/mol. The molecule has 4 aliphatic rings. The molecule has 26 heavy (non-hydrogen) atoms. The molecule has 0 atom stereocenters. The second-order valence-electron chi connectivity index (χ2n) is 8.21. The number of amides is 1. The summed E-state index contributed by atoms with van der Waals surface area (Å²) in [5.41, 5.74) is 0.906. The Morgan fingerprint density at radius 1 is 1.00 bits per heavy atom. The number of carbonyl (C=O) groups is 3. The van der Waals surface area contributed by atoms with Crippen LogP contribution < -0.4 is 5.32 Å².